The predicted octanol–water partition coefficient (Wildman–Crippen LogP) is 4.88. The number of hydrogen-bond donors (Lipinski definition) is 2. The average Bonchev–Trinajstić information content (AvgIpc) is 2.77. The fourth-order valence-electron chi connectivity index (χ4n) is 3.28. The first kappa shape index (κ1) is 22.0. The monoisotopic (exact) mass is 422 g/mol. The fourth-order valence-corrected chi connectivity index (χ4v) is 3.28. The van der Waals surface area contributed by atoms with Gasteiger partial charge in [-0.1, -0.05) is 44.2 Å². The van der Waals surface area contributed by atoms with E-state index in [0.717, 1.165) is 11.1 Å². The number of rotatable bonds is 9. The fraction of sp³-hybridized carbons (Fsp3) is 0.240. The first-order valence-corrected chi connectivity index (χ1v) is 9.89. The lowest BCUT2D eigenvalue weighted by molar-refractivity contribution is 0.0693. The van der Waals surface area contributed by atoms with Gasteiger partial charge in [0.25, 0.3) is 0 Å². The van der Waals surface area contributed by atoms with Crippen molar-refractivity contribution in [2.24, 2.45) is 0 Å². The molecule has 0 spiro atoms. The minimum absolute atomic E-state index is 0.111. The molecule has 0 fully saturated rings. The molecule has 2 N–H and O–H groups in total. The Labute approximate surface area is 181 Å². The van der Waals surface area contributed by atoms with E-state index in [-0.39, 0.29) is 11.3 Å². The molecule has 0 heterocycles. The highest BCUT2D eigenvalue weighted by Gasteiger charge is 2.25. The van der Waals surface area contributed by atoms with Gasteiger partial charge in [-0.2, -0.15) is 0 Å². The summed E-state index contributed by atoms with van der Waals surface area (Å²) in [5.41, 5.74) is 1.22. The Kier molecular flexibility index (Phi) is 6.70. The lowest BCUT2D eigenvalue weighted by atomic mass is 9.77. The molecule has 31 heavy (non-hydrogen) atoms. The van der Waals surface area contributed by atoms with Gasteiger partial charge in [0.2, 0.25) is 0 Å². The molecule has 0 aromatic heterocycles. The minimum atomic E-state index is -1.16. The van der Waals surface area contributed by atoms with Gasteiger partial charge in [0.1, 0.15) is 30.3 Å². The van der Waals surface area contributed by atoms with Gasteiger partial charge in [0.05, 0.1) is 7.11 Å². The van der Waals surface area contributed by atoms with Gasteiger partial charge in [-0.25, -0.2) is 4.79 Å². The SMILES string of the molecule is COc1ccccc1OCCOc1ccc(C(C)(C)c2ccc(O)c(C(=O)O)c2)cc1. The quantitative estimate of drug-likeness (QED) is 0.478. The summed E-state index contributed by atoms with van der Waals surface area (Å²) in [7, 11) is 1.60. The first-order chi connectivity index (χ1) is 14.8. The number of carbonyl (C=O) groups is 1. The van der Waals surface area contributed by atoms with Crippen LogP contribution in [0.25, 0.3) is 0 Å². The van der Waals surface area contributed by atoms with Gasteiger partial charge in [0.15, 0.2) is 11.5 Å². The second-order valence-corrected chi connectivity index (χ2v) is 7.53. The van der Waals surface area contributed by atoms with E-state index in [9.17, 15) is 15.0 Å². The van der Waals surface area contributed by atoms with Crippen molar-refractivity contribution in [2.75, 3.05) is 20.3 Å². The Morgan fingerprint density at radius 3 is 2.13 bits per heavy atom. The summed E-state index contributed by atoms with van der Waals surface area (Å²) in [5, 5.41) is 19.0. The van der Waals surface area contributed by atoms with Gasteiger partial charge in [-0.05, 0) is 47.5 Å². The number of carboxylic acids is 1. The standard InChI is InChI=1S/C25H26O6/c1-25(2,18-10-13-21(26)20(16-18)24(27)28)17-8-11-19(12-9-17)30-14-15-31-23-7-5-4-6-22(23)29-3/h4-13,16,26H,14-15H2,1-3H3,(H,27,28). The van der Waals surface area contributed by atoms with Gasteiger partial charge < -0.3 is 24.4 Å². The third-order valence-corrected chi connectivity index (χ3v) is 5.20. The second-order valence-electron chi connectivity index (χ2n) is 7.53. The van der Waals surface area contributed by atoms with Crippen molar-refractivity contribution in [3.63, 3.8) is 0 Å². The number of carboxylic acid groups (broad SMARTS) is 1. The van der Waals surface area contributed by atoms with Crippen molar-refractivity contribution >= 4 is 5.97 Å². The molecule has 0 unspecified atom stereocenters. The van der Waals surface area contributed by atoms with E-state index in [1.165, 1.54) is 12.1 Å². The number of para-hydroxylation sites is 2. The van der Waals surface area contributed by atoms with Crippen LogP contribution in [0, 0.1) is 0 Å². The number of aromatic carboxylic acids is 1. The maximum Gasteiger partial charge on any atom is 0.339 e. The first-order valence-electron chi connectivity index (χ1n) is 9.89. The normalized spacial score (nSPS) is 11.1. The molecule has 6 heteroatoms. The Balaban J connectivity index is 1.63. The topological polar surface area (TPSA) is 85.2 Å². The third-order valence-electron chi connectivity index (χ3n) is 5.20. The summed E-state index contributed by atoms with van der Waals surface area (Å²) < 4.78 is 16.7. The summed E-state index contributed by atoms with van der Waals surface area (Å²) in [6.45, 7) is 4.75. The van der Waals surface area contributed by atoms with Gasteiger partial charge >= 0.3 is 5.97 Å². The summed E-state index contributed by atoms with van der Waals surface area (Å²) in [6, 6.07) is 19.8. The number of methoxy groups -OCH3 is 1. The van der Waals surface area contributed by atoms with Crippen molar-refractivity contribution in [1.82, 2.24) is 0 Å². The average molecular weight is 422 g/mol. The molecule has 0 aliphatic rings. The molecule has 0 atom stereocenters. The van der Waals surface area contributed by atoms with Gasteiger partial charge in [-0.15, -0.1) is 0 Å². The number of aromatic hydroxyl groups is 1. The van der Waals surface area contributed by atoms with Crippen LogP contribution in [0.1, 0.15) is 35.3 Å². The van der Waals surface area contributed by atoms with Gasteiger partial charge in [0, 0.05) is 5.41 Å². The highest BCUT2D eigenvalue weighted by atomic mass is 16.5. The Morgan fingerprint density at radius 2 is 1.48 bits per heavy atom. The Hall–Kier alpha value is -3.67. The summed E-state index contributed by atoms with van der Waals surface area (Å²) >= 11 is 0. The molecular formula is C25H26O6. The number of phenols is 1. The van der Waals surface area contributed by atoms with E-state index in [4.69, 9.17) is 14.2 Å². The molecule has 0 aliphatic carbocycles. The maximum atomic E-state index is 11.3. The maximum absolute atomic E-state index is 11.3. The Bertz CT molecular complexity index is 1040. The van der Waals surface area contributed by atoms with E-state index in [0.29, 0.717) is 30.5 Å². The van der Waals surface area contributed by atoms with Crippen LogP contribution >= 0.6 is 0 Å². The van der Waals surface area contributed by atoms with Crippen LogP contribution < -0.4 is 14.2 Å². The molecule has 3 rings (SSSR count). The van der Waals surface area contributed by atoms with Crippen LogP contribution in [0.5, 0.6) is 23.0 Å². The lowest BCUT2D eigenvalue weighted by Crippen LogP contribution is -2.19. The number of ether oxygens (including phenoxy) is 3. The highest BCUT2D eigenvalue weighted by Crippen LogP contribution is 2.34. The zero-order valence-electron chi connectivity index (χ0n) is 17.8. The van der Waals surface area contributed by atoms with Crippen molar-refractivity contribution in [3.8, 4) is 23.0 Å². The van der Waals surface area contributed by atoms with Gasteiger partial charge in [-0.3, -0.25) is 0 Å². The smallest absolute Gasteiger partial charge is 0.339 e. The van der Waals surface area contributed by atoms with Crippen molar-refractivity contribution in [2.45, 2.75) is 19.3 Å². The Morgan fingerprint density at radius 1 is 0.871 bits per heavy atom. The summed E-state index contributed by atoms with van der Waals surface area (Å²) in [5.74, 6) is 0.648. The van der Waals surface area contributed by atoms with Crippen LogP contribution in [0.2, 0.25) is 0 Å². The molecule has 3 aromatic rings. The summed E-state index contributed by atoms with van der Waals surface area (Å²) in [4.78, 5) is 11.3. The largest absolute Gasteiger partial charge is 0.507 e. The molecule has 0 aliphatic heterocycles. The van der Waals surface area contributed by atoms with Crippen LogP contribution in [0.15, 0.2) is 66.7 Å². The van der Waals surface area contributed by atoms with Crippen LogP contribution in [-0.2, 0) is 5.41 Å². The minimum Gasteiger partial charge on any atom is -0.507 e. The number of hydrogen-bond acceptors (Lipinski definition) is 5. The molecule has 0 bridgehead atoms. The molecular weight excluding hydrogens is 396 g/mol. The van der Waals surface area contributed by atoms with E-state index >= 15 is 0 Å². The van der Waals surface area contributed by atoms with Crippen molar-refractivity contribution in [3.05, 3.63) is 83.4 Å². The van der Waals surface area contributed by atoms with Crippen molar-refractivity contribution < 1.29 is 29.2 Å². The zero-order chi connectivity index (χ0) is 22.4. The number of benzene rings is 3. The van der Waals surface area contributed by atoms with E-state index in [1.54, 1.807) is 13.2 Å². The van der Waals surface area contributed by atoms with Crippen molar-refractivity contribution in [1.29, 1.82) is 0 Å². The molecule has 0 saturated heterocycles. The summed E-state index contributed by atoms with van der Waals surface area (Å²) in [6.07, 6.45) is 0. The second kappa shape index (κ2) is 9.43. The van der Waals surface area contributed by atoms with Crippen LogP contribution in [0.3, 0.4) is 0 Å². The molecule has 0 amide bonds. The highest BCUT2D eigenvalue weighted by molar-refractivity contribution is 5.91. The predicted molar refractivity (Wildman–Crippen MR) is 118 cm³/mol. The zero-order valence-corrected chi connectivity index (χ0v) is 17.8. The van der Waals surface area contributed by atoms with E-state index in [1.807, 2.05) is 62.4 Å². The molecule has 3 aromatic carbocycles. The molecule has 6 nitrogen and oxygen atoms in total. The molecule has 0 radical (unpaired) electrons. The third kappa shape index (κ3) is 5.09. The van der Waals surface area contributed by atoms with E-state index < -0.39 is 11.4 Å². The van der Waals surface area contributed by atoms with E-state index in [2.05, 4.69) is 0 Å². The van der Waals surface area contributed by atoms with Crippen LogP contribution in [-0.4, -0.2) is 36.5 Å². The lowest BCUT2D eigenvalue weighted by Gasteiger charge is -2.27. The van der Waals surface area contributed by atoms with Crippen LogP contribution in [0.4, 0.5) is 0 Å². The molecule has 0 saturated carbocycles. The molecule has 162 valence electrons.